The Morgan fingerprint density at radius 1 is 1.57 bits per heavy atom. The summed E-state index contributed by atoms with van der Waals surface area (Å²) in [5.74, 6) is 3.97. The summed E-state index contributed by atoms with van der Waals surface area (Å²) in [4.78, 5) is 0. The maximum absolute atomic E-state index is 9.21. The maximum atomic E-state index is 9.21. The molecule has 0 saturated carbocycles. The van der Waals surface area contributed by atoms with Crippen molar-refractivity contribution in [2.45, 2.75) is 0 Å². The standard InChI is InChI=1S/K.H3NO4S.H/c;1-5-6(2,3)4;/h;1H2,(H,2,3,4);. The first-order valence-electron chi connectivity index (χ1n) is 0.918. The third-order valence-electron chi connectivity index (χ3n) is 0.122. The van der Waals surface area contributed by atoms with Gasteiger partial charge in [-0.05, 0) is 0 Å². The molecule has 0 heterocycles. The van der Waals surface area contributed by atoms with Gasteiger partial charge in [-0.1, -0.05) is 0 Å². The van der Waals surface area contributed by atoms with E-state index in [-0.39, 0.29) is 51.4 Å². The molecule has 0 atom stereocenters. The fraction of sp³-hybridized carbons (Fsp3) is 0. The van der Waals surface area contributed by atoms with Gasteiger partial charge < -0.3 is 0 Å². The van der Waals surface area contributed by atoms with Gasteiger partial charge in [-0.3, -0.25) is 4.55 Å². The number of hydrogen-bond donors (Lipinski definition) is 2. The number of nitrogens with two attached hydrogens (primary N) is 1. The van der Waals surface area contributed by atoms with E-state index in [1.165, 1.54) is 0 Å². The summed E-state index contributed by atoms with van der Waals surface area (Å²) in [6, 6.07) is 0. The van der Waals surface area contributed by atoms with Crippen LogP contribution >= 0.6 is 0 Å². The summed E-state index contributed by atoms with van der Waals surface area (Å²) < 4.78 is 28.8. The molecule has 40 valence electrons. The van der Waals surface area contributed by atoms with Crippen LogP contribution in [0.15, 0.2) is 0 Å². The van der Waals surface area contributed by atoms with Gasteiger partial charge in [0, 0.05) is 0 Å². The van der Waals surface area contributed by atoms with Gasteiger partial charge in [0.25, 0.3) is 0 Å². The molecule has 7 heteroatoms. The Balaban J connectivity index is 0. The molecule has 0 spiro atoms. The Kier molecular flexibility index (Phi) is 7.02. The Bertz CT molecular complexity index is 114. The molecule has 0 rings (SSSR count). The summed E-state index contributed by atoms with van der Waals surface area (Å²) in [5.41, 5.74) is 0. The first kappa shape index (κ1) is 11.3. The van der Waals surface area contributed by atoms with Gasteiger partial charge in [-0.25, -0.2) is 0 Å². The van der Waals surface area contributed by atoms with E-state index in [0.717, 1.165) is 0 Å². The van der Waals surface area contributed by atoms with E-state index in [1.807, 2.05) is 0 Å². The molecule has 0 aromatic heterocycles. The molecule has 0 aliphatic rings. The fourth-order valence-corrected chi connectivity index (χ4v) is 0. The Hall–Kier alpha value is 1.47. The van der Waals surface area contributed by atoms with Crippen molar-refractivity contribution in [3.8, 4) is 0 Å². The Labute approximate surface area is 83.5 Å². The molecule has 0 aromatic carbocycles. The van der Waals surface area contributed by atoms with E-state index >= 15 is 0 Å². The van der Waals surface area contributed by atoms with Crippen LogP contribution in [0.5, 0.6) is 0 Å². The summed E-state index contributed by atoms with van der Waals surface area (Å²) in [6.07, 6.45) is 0. The molecule has 0 fully saturated rings. The predicted molar refractivity (Wildman–Crippen MR) is 24.0 cm³/mol. The van der Waals surface area contributed by atoms with Crippen molar-refractivity contribution in [2.24, 2.45) is 5.90 Å². The zero-order valence-corrected chi connectivity index (χ0v) is 3.47. The van der Waals surface area contributed by atoms with Crippen molar-refractivity contribution >= 4 is 61.8 Å². The molecule has 0 radical (unpaired) electrons. The van der Waals surface area contributed by atoms with Gasteiger partial charge in [-0.15, -0.1) is 0 Å². The Morgan fingerprint density at radius 2 is 1.71 bits per heavy atom. The molecule has 7 heavy (non-hydrogen) atoms. The average molecular weight is 153 g/mol. The van der Waals surface area contributed by atoms with E-state index in [1.54, 1.807) is 0 Å². The first-order chi connectivity index (χ1) is 2.56. The van der Waals surface area contributed by atoms with Crippen LogP contribution < -0.4 is 5.90 Å². The van der Waals surface area contributed by atoms with Crippen LogP contribution in [0.2, 0.25) is 0 Å². The number of rotatable bonds is 1. The van der Waals surface area contributed by atoms with Crippen molar-refractivity contribution in [3.05, 3.63) is 0 Å². The van der Waals surface area contributed by atoms with Gasteiger partial charge in [0.15, 0.2) is 0 Å². The zero-order chi connectivity index (χ0) is 5.21. The summed E-state index contributed by atoms with van der Waals surface area (Å²) in [7, 11) is -4.38. The second kappa shape index (κ2) is 4.36. The summed E-state index contributed by atoms with van der Waals surface area (Å²) in [5, 5.41) is 0. The SMILES string of the molecule is NOS(=O)(=O)O.[KH]. The minimum atomic E-state index is -4.38. The summed E-state index contributed by atoms with van der Waals surface area (Å²) >= 11 is 0. The minimum absolute atomic E-state index is 0. The van der Waals surface area contributed by atoms with E-state index in [0.29, 0.717) is 0 Å². The van der Waals surface area contributed by atoms with Crippen molar-refractivity contribution in [2.75, 3.05) is 0 Å². The topological polar surface area (TPSA) is 89.6 Å². The molecule has 3 N–H and O–H groups in total. The van der Waals surface area contributed by atoms with Gasteiger partial charge >= 0.3 is 61.8 Å². The van der Waals surface area contributed by atoms with Crippen LogP contribution in [0.4, 0.5) is 0 Å². The Morgan fingerprint density at radius 3 is 1.71 bits per heavy atom. The molecule has 0 aliphatic carbocycles. The number of hydrogen-bond acceptors (Lipinski definition) is 4. The van der Waals surface area contributed by atoms with E-state index in [4.69, 9.17) is 4.55 Å². The third kappa shape index (κ3) is 11.2. The third-order valence-corrected chi connectivity index (χ3v) is 0.365. The van der Waals surface area contributed by atoms with E-state index in [9.17, 15) is 8.42 Å². The van der Waals surface area contributed by atoms with Crippen LogP contribution in [0.1, 0.15) is 0 Å². The first-order valence-corrected chi connectivity index (χ1v) is 2.28. The van der Waals surface area contributed by atoms with Gasteiger partial charge in [-0.2, -0.15) is 18.6 Å². The van der Waals surface area contributed by atoms with Crippen molar-refractivity contribution in [1.29, 1.82) is 0 Å². The molecule has 0 saturated heterocycles. The average Bonchev–Trinajstić information content (AvgIpc) is 1.35. The van der Waals surface area contributed by atoms with Gasteiger partial charge in [0.2, 0.25) is 0 Å². The molecule has 0 unspecified atom stereocenters. The molecule has 0 aliphatic heterocycles. The molecular weight excluding hydrogens is 149 g/mol. The van der Waals surface area contributed by atoms with Crippen LogP contribution in [0, 0.1) is 0 Å². The molecule has 0 bridgehead atoms. The molecule has 0 aromatic rings. The van der Waals surface area contributed by atoms with Gasteiger partial charge in [0.05, 0.1) is 0 Å². The van der Waals surface area contributed by atoms with Crippen molar-refractivity contribution in [3.63, 3.8) is 0 Å². The van der Waals surface area contributed by atoms with Gasteiger partial charge in [0.1, 0.15) is 0 Å². The quantitative estimate of drug-likeness (QED) is 0.259. The summed E-state index contributed by atoms with van der Waals surface area (Å²) in [6.45, 7) is 0. The van der Waals surface area contributed by atoms with Crippen LogP contribution in [0.3, 0.4) is 0 Å². The van der Waals surface area contributed by atoms with E-state index < -0.39 is 10.4 Å². The van der Waals surface area contributed by atoms with E-state index in [2.05, 4.69) is 10.2 Å². The second-order valence-corrected chi connectivity index (χ2v) is 1.57. The zero-order valence-electron chi connectivity index (χ0n) is 2.66. The predicted octanol–water partition coefficient (Wildman–Crippen LogP) is -1.97. The molecule has 5 nitrogen and oxygen atoms in total. The van der Waals surface area contributed by atoms with Crippen LogP contribution in [-0.4, -0.2) is 64.4 Å². The van der Waals surface area contributed by atoms with Crippen LogP contribution in [0.25, 0.3) is 0 Å². The second-order valence-electron chi connectivity index (χ2n) is 0.524. The van der Waals surface area contributed by atoms with Crippen molar-refractivity contribution < 1.29 is 17.3 Å². The fourth-order valence-electron chi connectivity index (χ4n) is 0. The normalized spacial score (nSPS) is 10.0. The van der Waals surface area contributed by atoms with Crippen molar-refractivity contribution in [1.82, 2.24) is 0 Å². The monoisotopic (exact) mass is 153 g/mol. The molecule has 0 amide bonds. The molecular formula is H4KNO4S. The van der Waals surface area contributed by atoms with Crippen LogP contribution in [-0.2, 0) is 14.7 Å².